The molecule has 1 aromatic heterocycles. The molecule has 30 heavy (non-hydrogen) atoms. The van der Waals surface area contributed by atoms with Gasteiger partial charge in [0.15, 0.2) is 6.10 Å². The molecule has 3 atom stereocenters. The lowest BCUT2D eigenvalue weighted by molar-refractivity contribution is -0.162. The molecule has 1 heterocycles. The van der Waals surface area contributed by atoms with E-state index in [-0.39, 0.29) is 12.0 Å². The van der Waals surface area contributed by atoms with Gasteiger partial charge < -0.3 is 25.9 Å². The standard InChI is InChI=1S/C22H36N4O4/c23-18(12-16-13-24-14-25-16)21(28)26-19(11-15-7-3-1-4-8-15)20(27)22(29)30-17-9-5-2-6-10-17/h13-15,17-20,27H,1-12,23H2,(H,24,25)(H,26,28)/t18-,19-,20?/m0/s1. The van der Waals surface area contributed by atoms with Gasteiger partial charge >= 0.3 is 5.97 Å². The van der Waals surface area contributed by atoms with Crippen LogP contribution in [0.1, 0.15) is 76.3 Å². The Morgan fingerprint density at radius 2 is 1.83 bits per heavy atom. The Labute approximate surface area is 178 Å². The number of amides is 1. The molecule has 0 aliphatic heterocycles. The molecule has 2 fully saturated rings. The SMILES string of the molecule is N[C@@H](Cc1cnc[nH]1)C(=O)N[C@@H](CC1CCCCC1)C(O)C(=O)OC1CCCCC1. The normalized spacial score (nSPS) is 21.5. The molecule has 1 aromatic rings. The van der Waals surface area contributed by atoms with Gasteiger partial charge in [0.25, 0.3) is 0 Å². The van der Waals surface area contributed by atoms with Crippen LogP contribution in [-0.4, -0.2) is 51.2 Å². The fraction of sp³-hybridized carbons (Fsp3) is 0.773. The van der Waals surface area contributed by atoms with Crippen molar-refractivity contribution in [3.8, 4) is 0 Å². The number of nitrogens with one attached hydrogen (secondary N) is 2. The highest BCUT2D eigenvalue weighted by Gasteiger charge is 2.34. The van der Waals surface area contributed by atoms with Gasteiger partial charge in [-0.1, -0.05) is 38.5 Å². The summed E-state index contributed by atoms with van der Waals surface area (Å²) in [5.74, 6) is -0.634. The monoisotopic (exact) mass is 420 g/mol. The van der Waals surface area contributed by atoms with Crippen LogP contribution in [0.25, 0.3) is 0 Å². The molecule has 5 N–H and O–H groups in total. The van der Waals surface area contributed by atoms with Crippen molar-refractivity contribution >= 4 is 11.9 Å². The van der Waals surface area contributed by atoms with E-state index in [1.165, 1.54) is 12.7 Å². The lowest BCUT2D eigenvalue weighted by Crippen LogP contribution is -2.53. The Kier molecular flexibility index (Phi) is 8.69. The van der Waals surface area contributed by atoms with Crippen molar-refractivity contribution in [1.29, 1.82) is 0 Å². The number of nitrogens with two attached hydrogens (primary N) is 1. The van der Waals surface area contributed by atoms with E-state index in [1.807, 2.05) is 0 Å². The summed E-state index contributed by atoms with van der Waals surface area (Å²) >= 11 is 0. The number of hydrogen-bond donors (Lipinski definition) is 4. The third kappa shape index (κ3) is 6.80. The lowest BCUT2D eigenvalue weighted by atomic mass is 9.83. The van der Waals surface area contributed by atoms with E-state index in [2.05, 4.69) is 15.3 Å². The molecule has 1 amide bonds. The minimum Gasteiger partial charge on any atom is -0.460 e. The van der Waals surface area contributed by atoms with Gasteiger partial charge in [0.1, 0.15) is 6.10 Å². The molecule has 0 radical (unpaired) electrons. The van der Waals surface area contributed by atoms with Gasteiger partial charge in [-0.2, -0.15) is 0 Å². The average Bonchev–Trinajstić information content (AvgIpc) is 3.27. The highest BCUT2D eigenvalue weighted by Crippen LogP contribution is 2.28. The fourth-order valence-electron chi connectivity index (χ4n) is 4.65. The smallest absolute Gasteiger partial charge is 0.337 e. The second kappa shape index (κ2) is 11.5. The predicted molar refractivity (Wildman–Crippen MR) is 112 cm³/mol. The molecule has 2 aliphatic carbocycles. The summed E-state index contributed by atoms with van der Waals surface area (Å²) in [4.78, 5) is 32.2. The number of nitrogens with zero attached hydrogens (tertiary/aromatic N) is 1. The number of ether oxygens (including phenoxy) is 1. The second-order valence-corrected chi connectivity index (χ2v) is 8.88. The molecule has 8 nitrogen and oxygen atoms in total. The molecule has 2 aliphatic rings. The van der Waals surface area contributed by atoms with Gasteiger partial charge in [-0.3, -0.25) is 4.79 Å². The topological polar surface area (TPSA) is 130 Å². The van der Waals surface area contributed by atoms with Gasteiger partial charge in [-0.05, 0) is 38.0 Å². The molecular weight excluding hydrogens is 384 g/mol. The number of imidazole rings is 1. The Morgan fingerprint density at radius 1 is 1.17 bits per heavy atom. The van der Waals surface area contributed by atoms with Crippen LogP contribution in [0.3, 0.4) is 0 Å². The van der Waals surface area contributed by atoms with Crippen molar-refractivity contribution in [2.24, 2.45) is 11.7 Å². The van der Waals surface area contributed by atoms with Crippen molar-refractivity contribution < 1.29 is 19.4 Å². The van der Waals surface area contributed by atoms with E-state index in [4.69, 9.17) is 10.5 Å². The van der Waals surface area contributed by atoms with E-state index < -0.39 is 24.2 Å². The Bertz CT molecular complexity index is 654. The van der Waals surface area contributed by atoms with Gasteiger partial charge in [-0.25, -0.2) is 9.78 Å². The molecule has 8 heteroatoms. The fourth-order valence-corrected chi connectivity index (χ4v) is 4.65. The van der Waals surface area contributed by atoms with Crippen LogP contribution in [0.4, 0.5) is 0 Å². The summed E-state index contributed by atoms with van der Waals surface area (Å²) in [6.45, 7) is 0. The van der Waals surface area contributed by atoms with Crippen LogP contribution >= 0.6 is 0 Å². The summed E-state index contributed by atoms with van der Waals surface area (Å²) < 4.78 is 5.57. The van der Waals surface area contributed by atoms with Crippen molar-refractivity contribution in [1.82, 2.24) is 15.3 Å². The first kappa shape index (κ1) is 22.7. The first-order valence-corrected chi connectivity index (χ1v) is 11.4. The summed E-state index contributed by atoms with van der Waals surface area (Å²) in [7, 11) is 0. The maximum atomic E-state index is 12.7. The minimum absolute atomic E-state index is 0.130. The Balaban J connectivity index is 1.60. The van der Waals surface area contributed by atoms with E-state index >= 15 is 0 Å². The number of H-pyrrole nitrogens is 1. The van der Waals surface area contributed by atoms with Crippen LogP contribution in [0, 0.1) is 5.92 Å². The van der Waals surface area contributed by atoms with Gasteiger partial charge in [0.2, 0.25) is 5.91 Å². The number of hydrogen-bond acceptors (Lipinski definition) is 6. The van der Waals surface area contributed by atoms with Crippen LogP contribution in [0.2, 0.25) is 0 Å². The van der Waals surface area contributed by atoms with Crippen LogP contribution in [0.15, 0.2) is 12.5 Å². The van der Waals surface area contributed by atoms with Crippen molar-refractivity contribution in [2.45, 2.75) is 101 Å². The third-order valence-electron chi connectivity index (χ3n) is 6.43. The average molecular weight is 421 g/mol. The number of carbonyl (C=O) groups is 2. The molecule has 0 aromatic carbocycles. The zero-order valence-electron chi connectivity index (χ0n) is 17.7. The molecule has 3 rings (SSSR count). The molecule has 2 saturated carbocycles. The van der Waals surface area contributed by atoms with E-state index in [9.17, 15) is 14.7 Å². The second-order valence-electron chi connectivity index (χ2n) is 8.88. The maximum Gasteiger partial charge on any atom is 0.337 e. The number of aliphatic hydroxyl groups excluding tert-OH is 1. The number of esters is 1. The van der Waals surface area contributed by atoms with E-state index in [1.54, 1.807) is 6.20 Å². The summed E-state index contributed by atoms with van der Waals surface area (Å²) in [6, 6.07) is -1.48. The first-order chi connectivity index (χ1) is 14.5. The largest absolute Gasteiger partial charge is 0.460 e. The highest BCUT2D eigenvalue weighted by molar-refractivity contribution is 5.83. The van der Waals surface area contributed by atoms with E-state index in [0.29, 0.717) is 18.8 Å². The molecule has 0 bridgehead atoms. The third-order valence-corrected chi connectivity index (χ3v) is 6.43. The number of rotatable bonds is 9. The Hall–Kier alpha value is -1.93. The quantitative estimate of drug-likeness (QED) is 0.452. The molecular formula is C22H36N4O4. The summed E-state index contributed by atoms with van der Waals surface area (Å²) in [5.41, 5.74) is 6.82. The maximum absolute atomic E-state index is 12.7. The van der Waals surface area contributed by atoms with Gasteiger partial charge in [-0.15, -0.1) is 0 Å². The number of aromatic amines is 1. The van der Waals surface area contributed by atoms with Crippen LogP contribution < -0.4 is 11.1 Å². The first-order valence-electron chi connectivity index (χ1n) is 11.4. The highest BCUT2D eigenvalue weighted by atomic mass is 16.6. The minimum atomic E-state index is -1.38. The van der Waals surface area contributed by atoms with Gasteiger partial charge in [0.05, 0.1) is 18.4 Å². The van der Waals surface area contributed by atoms with Crippen molar-refractivity contribution in [3.05, 3.63) is 18.2 Å². The predicted octanol–water partition coefficient (Wildman–Crippen LogP) is 1.97. The number of aromatic nitrogens is 2. The van der Waals surface area contributed by atoms with Crippen LogP contribution in [0.5, 0.6) is 0 Å². The van der Waals surface area contributed by atoms with E-state index in [0.717, 1.165) is 63.5 Å². The molecule has 1 unspecified atom stereocenters. The molecule has 0 saturated heterocycles. The summed E-state index contributed by atoms with van der Waals surface area (Å²) in [5, 5.41) is 13.6. The van der Waals surface area contributed by atoms with Gasteiger partial charge in [0, 0.05) is 18.3 Å². The number of carbonyl (C=O) groups excluding carboxylic acids is 2. The summed E-state index contributed by atoms with van der Waals surface area (Å²) in [6.07, 6.45) is 13.1. The molecule has 0 spiro atoms. The lowest BCUT2D eigenvalue weighted by Gasteiger charge is -2.31. The van der Waals surface area contributed by atoms with Crippen LogP contribution in [-0.2, 0) is 20.7 Å². The zero-order valence-corrected chi connectivity index (χ0v) is 17.7. The number of aliphatic hydroxyl groups is 1. The Morgan fingerprint density at radius 3 is 2.47 bits per heavy atom. The van der Waals surface area contributed by atoms with Crippen molar-refractivity contribution in [2.75, 3.05) is 0 Å². The zero-order chi connectivity index (χ0) is 21.3. The van der Waals surface area contributed by atoms with Crippen molar-refractivity contribution in [3.63, 3.8) is 0 Å². The molecule has 168 valence electrons.